The van der Waals surface area contributed by atoms with Crippen LogP contribution in [0.4, 0.5) is 11.4 Å². The van der Waals surface area contributed by atoms with E-state index in [4.69, 9.17) is 9.15 Å². The zero-order valence-corrected chi connectivity index (χ0v) is 21.9. The van der Waals surface area contributed by atoms with Crippen molar-refractivity contribution in [3.8, 4) is 0 Å². The molecule has 0 aliphatic rings. The van der Waals surface area contributed by atoms with Gasteiger partial charge in [0.15, 0.2) is 0 Å². The number of ether oxygens (including phenoxy) is 1. The molecule has 0 unspecified atom stereocenters. The largest absolute Gasteiger partial charge is 0.462 e. The lowest BCUT2D eigenvalue weighted by atomic mass is 10.1. The van der Waals surface area contributed by atoms with E-state index < -0.39 is 26.8 Å². The summed E-state index contributed by atoms with van der Waals surface area (Å²) in [6.45, 7) is 6.75. The minimum atomic E-state index is -4.52. The number of benzene rings is 3. The molecule has 38 heavy (non-hydrogen) atoms. The molecule has 0 saturated heterocycles. The highest BCUT2D eigenvalue weighted by Gasteiger charge is 2.34. The van der Waals surface area contributed by atoms with E-state index in [1.807, 2.05) is 6.92 Å². The molecule has 0 saturated carbocycles. The number of carbonyl (C=O) groups is 2. The van der Waals surface area contributed by atoms with E-state index in [9.17, 15) is 28.1 Å². The number of non-ortho nitro benzene ring substituents is 1. The van der Waals surface area contributed by atoms with E-state index in [-0.39, 0.29) is 45.2 Å². The van der Waals surface area contributed by atoms with Gasteiger partial charge in [0.05, 0.1) is 22.1 Å². The van der Waals surface area contributed by atoms with Crippen molar-refractivity contribution in [1.82, 2.24) is 0 Å². The summed E-state index contributed by atoms with van der Waals surface area (Å²) in [6, 6.07) is 13.7. The number of furan rings is 1. The van der Waals surface area contributed by atoms with Gasteiger partial charge in [0.1, 0.15) is 16.9 Å². The average Bonchev–Trinajstić information content (AvgIpc) is 3.19. The van der Waals surface area contributed by atoms with Crippen molar-refractivity contribution in [2.45, 2.75) is 32.6 Å². The maximum atomic E-state index is 14.0. The zero-order valence-electron chi connectivity index (χ0n) is 21.0. The Bertz CT molecular complexity index is 1710. The van der Waals surface area contributed by atoms with Crippen LogP contribution in [0, 0.1) is 30.9 Å². The lowest BCUT2D eigenvalue weighted by molar-refractivity contribution is -0.384. The molecule has 0 atom stereocenters. The Kier molecular flexibility index (Phi) is 7.05. The summed E-state index contributed by atoms with van der Waals surface area (Å²) in [6.07, 6.45) is 0. The molecule has 4 aromatic rings. The first-order chi connectivity index (χ1) is 17.9. The molecule has 0 fully saturated rings. The number of sulfonamides is 1. The molecule has 1 heterocycles. The summed E-state index contributed by atoms with van der Waals surface area (Å²) in [7, 11) is -4.52. The first-order valence-corrected chi connectivity index (χ1v) is 13.0. The minimum absolute atomic E-state index is 0.0830. The zero-order chi connectivity index (χ0) is 27.8. The number of aryl methyl sites for hydroxylation is 3. The maximum absolute atomic E-state index is 14.0. The second-order valence-electron chi connectivity index (χ2n) is 8.59. The summed E-state index contributed by atoms with van der Waals surface area (Å²) in [5, 5.41) is 11.6. The Hall–Kier alpha value is -4.51. The standard InChI is InChI=1S/C27H24N2O8S/c1-5-36-27(31)25-18(4)37-23-11-10-20(15-22(23)25)28(26(30)19-7-6-8-21(14-19)29(32)33)38(34,35)24-12-9-16(2)13-17(24)3/h6-15H,5H2,1-4H3. The molecule has 0 N–H and O–H groups in total. The van der Waals surface area contributed by atoms with Gasteiger partial charge in [0, 0.05) is 23.1 Å². The number of nitro benzene ring substituents is 1. The summed E-state index contributed by atoms with van der Waals surface area (Å²) in [4.78, 5) is 37.0. The van der Waals surface area contributed by atoms with Gasteiger partial charge in [-0.25, -0.2) is 13.2 Å². The van der Waals surface area contributed by atoms with Crippen LogP contribution < -0.4 is 4.31 Å². The predicted octanol–water partition coefficient (Wildman–Crippen LogP) is 5.48. The quantitative estimate of drug-likeness (QED) is 0.172. The number of nitro groups is 1. The number of anilines is 1. The van der Waals surface area contributed by atoms with Crippen molar-refractivity contribution in [2.75, 3.05) is 10.9 Å². The van der Waals surface area contributed by atoms with Gasteiger partial charge in [-0.05, 0) is 63.6 Å². The number of rotatable bonds is 7. The minimum Gasteiger partial charge on any atom is -0.462 e. The third-order valence-electron chi connectivity index (χ3n) is 5.90. The number of carbonyl (C=O) groups excluding carboxylic acids is 2. The van der Waals surface area contributed by atoms with Crippen LogP contribution in [0.3, 0.4) is 0 Å². The number of hydrogen-bond donors (Lipinski definition) is 0. The van der Waals surface area contributed by atoms with E-state index in [1.54, 1.807) is 32.9 Å². The van der Waals surface area contributed by atoms with Crippen LogP contribution in [0.25, 0.3) is 11.0 Å². The monoisotopic (exact) mass is 536 g/mol. The fourth-order valence-electron chi connectivity index (χ4n) is 4.21. The smallest absolute Gasteiger partial charge is 0.342 e. The van der Waals surface area contributed by atoms with Gasteiger partial charge in [0.2, 0.25) is 0 Å². The van der Waals surface area contributed by atoms with Gasteiger partial charge in [-0.15, -0.1) is 0 Å². The molecule has 0 aliphatic heterocycles. The summed E-state index contributed by atoms with van der Waals surface area (Å²) >= 11 is 0. The highest BCUT2D eigenvalue weighted by atomic mass is 32.2. The summed E-state index contributed by atoms with van der Waals surface area (Å²) in [5.74, 6) is -1.40. The number of esters is 1. The van der Waals surface area contributed by atoms with E-state index in [2.05, 4.69) is 0 Å². The second-order valence-corrected chi connectivity index (χ2v) is 10.3. The Morgan fingerprint density at radius 2 is 1.76 bits per heavy atom. The Balaban J connectivity index is 1.97. The van der Waals surface area contributed by atoms with E-state index >= 15 is 0 Å². The van der Waals surface area contributed by atoms with Crippen molar-refractivity contribution < 1.29 is 32.1 Å². The van der Waals surface area contributed by atoms with Gasteiger partial charge in [-0.1, -0.05) is 23.8 Å². The van der Waals surface area contributed by atoms with Crippen LogP contribution >= 0.6 is 0 Å². The van der Waals surface area contributed by atoms with E-state index in [1.165, 1.54) is 42.5 Å². The van der Waals surface area contributed by atoms with Crippen LogP contribution in [0.2, 0.25) is 0 Å². The molecular weight excluding hydrogens is 512 g/mol. The molecule has 196 valence electrons. The van der Waals surface area contributed by atoms with Gasteiger partial charge in [-0.3, -0.25) is 14.9 Å². The maximum Gasteiger partial charge on any atom is 0.342 e. The third-order valence-corrected chi connectivity index (χ3v) is 7.77. The molecule has 0 bridgehead atoms. The highest BCUT2D eigenvalue weighted by molar-refractivity contribution is 7.93. The molecule has 1 amide bonds. The van der Waals surface area contributed by atoms with Crippen molar-refractivity contribution in [2.24, 2.45) is 0 Å². The summed E-state index contributed by atoms with van der Waals surface area (Å²) < 4.78 is 39.4. The molecule has 1 aromatic heterocycles. The number of nitrogens with zero attached hydrogens (tertiary/aromatic N) is 2. The predicted molar refractivity (Wildman–Crippen MR) is 140 cm³/mol. The van der Waals surface area contributed by atoms with Gasteiger partial charge in [0.25, 0.3) is 21.6 Å². The van der Waals surface area contributed by atoms with Crippen LogP contribution in [0.15, 0.2) is 70.0 Å². The Labute approximate surface area is 218 Å². The molecule has 4 rings (SSSR count). The normalized spacial score (nSPS) is 11.4. The Morgan fingerprint density at radius 1 is 1.03 bits per heavy atom. The summed E-state index contributed by atoms with van der Waals surface area (Å²) in [5.41, 5.74) is 0.977. The lowest BCUT2D eigenvalue weighted by Gasteiger charge is -2.24. The average molecular weight is 537 g/mol. The topological polar surface area (TPSA) is 137 Å². The fourth-order valence-corrected chi connectivity index (χ4v) is 5.83. The highest BCUT2D eigenvalue weighted by Crippen LogP contribution is 2.34. The van der Waals surface area contributed by atoms with Crippen molar-refractivity contribution in [1.29, 1.82) is 0 Å². The number of hydrogen-bond acceptors (Lipinski definition) is 8. The molecule has 0 radical (unpaired) electrons. The molecule has 10 nitrogen and oxygen atoms in total. The number of amides is 1. The van der Waals surface area contributed by atoms with Crippen LogP contribution in [0.5, 0.6) is 0 Å². The second kappa shape index (κ2) is 10.1. The third kappa shape index (κ3) is 4.75. The molecule has 0 spiro atoms. The first-order valence-electron chi connectivity index (χ1n) is 11.6. The van der Waals surface area contributed by atoms with Crippen molar-refractivity contribution in [3.63, 3.8) is 0 Å². The SMILES string of the molecule is CCOC(=O)c1c(C)oc2ccc(N(C(=O)c3cccc([N+](=O)[O-])c3)S(=O)(=O)c3ccc(C)cc3C)cc12. The van der Waals surface area contributed by atoms with Gasteiger partial charge in [-0.2, -0.15) is 4.31 Å². The molecule has 11 heteroatoms. The van der Waals surface area contributed by atoms with E-state index in [0.717, 1.165) is 11.6 Å². The fraction of sp³-hybridized carbons (Fsp3) is 0.185. The molecule has 0 aliphatic carbocycles. The molecular formula is C27H24N2O8S. The van der Waals surface area contributed by atoms with Crippen LogP contribution in [0.1, 0.15) is 44.5 Å². The van der Waals surface area contributed by atoms with Crippen LogP contribution in [-0.2, 0) is 14.8 Å². The van der Waals surface area contributed by atoms with Crippen LogP contribution in [-0.4, -0.2) is 31.8 Å². The van der Waals surface area contributed by atoms with Gasteiger partial charge >= 0.3 is 5.97 Å². The van der Waals surface area contributed by atoms with E-state index in [0.29, 0.717) is 15.5 Å². The molecule has 3 aromatic carbocycles. The van der Waals surface area contributed by atoms with Crippen molar-refractivity contribution in [3.05, 3.63) is 98.8 Å². The van der Waals surface area contributed by atoms with Gasteiger partial charge < -0.3 is 9.15 Å². The number of fused-ring (bicyclic) bond motifs is 1. The van der Waals surface area contributed by atoms with Crippen molar-refractivity contribution >= 4 is 44.2 Å². The lowest BCUT2D eigenvalue weighted by Crippen LogP contribution is -2.37. The first kappa shape index (κ1) is 26.6. The Morgan fingerprint density at radius 3 is 2.42 bits per heavy atom.